The van der Waals surface area contributed by atoms with Gasteiger partial charge in [-0.2, -0.15) is 0 Å². The molecule has 5 heteroatoms. The lowest BCUT2D eigenvalue weighted by molar-refractivity contribution is 0.0553. The Kier molecular flexibility index (Phi) is 3.31. The summed E-state index contributed by atoms with van der Waals surface area (Å²) in [5.74, 6) is 0.216. The Morgan fingerprint density at radius 3 is 2.70 bits per heavy atom. The largest absolute Gasteiger partial charge is 0.507 e. The van der Waals surface area contributed by atoms with Crippen LogP contribution in [0.1, 0.15) is 25.5 Å². The molecule has 23 heavy (non-hydrogen) atoms. The Balaban J connectivity index is 1.77. The van der Waals surface area contributed by atoms with Gasteiger partial charge in [0.2, 0.25) is 0 Å². The number of hydrogen-bond donors (Lipinski definition) is 2. The predicted molar refractivity (Wildman–Crippen MR) is 88.4 cm³/mol. The molecule has 0 atom stereocenters. The Bertz CT molecular complexity index is 850. The highest BCUT2D eigenvalue weighted by Crippen LogP contribution is 2.36. The fourth-order valence-corrected chi connectivity index (χ4v) is 3.17. The fraction of sp³-hybridized carbons (Fsp3) is 0.333. The van der Waals surface area contributed by atoms with E-state index in [0.717, 1.165) is 37.1 Å². The maximum Gasteiger partial charge on any atom is 0.160 e. The molecule has 0 saturated carbocycles. The third-order valence-corrected chi connectivity index (χ3v) is 4.80. The molecule has 0 radical (unpaired) electrons. The molecule has 3 aromatic rings. The van der Waals surface area contributed by atoms with E-state index in [1.165, 1.54) is 5.69 Å². The van der Waals surface area contributed by atoms with Gasteiger partial charge in [0, 0.05) is 35.3 Å². The van der Waals surface area contributed by atoms with Gasteiger partial charge in [0.25, 0.3) is 0 Å². The van der Waals surface area contributed by atoms with Crippen LogP contribution in [0.25, 0.3) is 22.3 Å². The van der Waals surface area contributed by atoms with Gasteiger partial charge in [-0.25, -0.2) is 0 Å². The van der Waals surface area contributed by atoms with Gasteiger partial charge in [-0.15, -0.1) is 10.2 Å². The summed E-state index contributed by atoms with van der Waals surface area (Å²) in [4.78, 5) is 3.41. The number of hydrogen-bond acceptors (Lipinski definition) is 4. The molecular formula is C18H19N3O2. The van der Waals surface area contributed by atoms with Crippen molar-refractivity contribution in [2.75, 3.05) is 13.2 Å². The molecule has 2 aromatic heterocycles. The first-order valence-electron chi connectivity index (χ1n) is 7.89. The normalized spacial score (nSPS) is 17.4. The Morgan fingerprint density at radius 1 is 1.13 bits per heavy atom. The second-order valence-corrected chi connectivity index (χ2v) is 6.41. The van der Waals surface area contributed by atoms with E-state index in [2.05, 4.69) is 28.2 Å². The monoisotopic (exact) mass is 309 g/mol. The van der Waals surface area contributed by atoms with E-state index in [1.807, 2.05) is 18.2 Å². The van der Waals surface area contributed by atoms with E-state index >= 15 is 0 Å². The molecule has 0 amide bonds. The lowest BCUT2D eigenvalue weighted by Gasteiger charge is -2.32. The Labute approximate surface area is 134 Å². The molecule has 1 aliphatic heterocycles. The van der Waals surface area contributed by atoms with E-state index in [0.29, 0.717) is 11.3 Å². The molecule has 0 unspecified atom stereocenters. The molecule has 1 aromatic carbocycles. The van der Waals surface area contributed by atoms with Crippen LogP contribution in [0, 0.1) is 0 Å². The van der Waals surface area contributed by atoms with E-state index < -0.39 is 0 Å². The number of para-hydroxylation sites is 1. The van der Waals surface area contributed by atoms with Crippen LogP contribution in [0.2, 0.25) is 0 Å². The molecule has 0 aliphatic carbocycles. The number of rotatable bonds is 2. The first-order valence-corrected chi connectivity index (χ1v) is 7.89. The average Bonchev–Trinajstić information content (AvgIpc) is 3.00. The number of phenolic OH excluding ortho intramolecular Hbond substituents is 1. The number of aromatic nitrogens is 3. The minimum atomic E-state index is 0.0913. The summed E-state index contributed by atoms with van der Waals surface area (Å²) in [6, 6.07) is 11.3. The number of benzene rings is 1. The minimum absolute atomic E-state index is 0.0913. The van der Waals surface area contributed by atoms with Crippen LogP contribution in [0.15, 0.2) is 36.4 Å². The van der Waals surface area contributed by atoms with Gasteiger partial charge in [0.15, 0.2) is 5.65 Å². The van der Waals surface area contributed by atoms with E-state index in [1.54, 1.807) is 12.1 Å². The van der Waals surface area contributed by atoms with Gasteiger partial charge in [-0.1, -0.05) is 19.1 Å². The smallest absolute Gasteiger partial charge is 0.160 e. The number of aromatic hydroxyl groups is 1. The second-order valence-electron chi connectivity index (χ2n) is 6.41. The summed E-state index contributed by atoms with van der Waals surface area (Å²) in [7, 11) is 0. The van der Waals surface area contributed by atoms with Crippen molar-refractivity contribution >= 4 is 11.0 Å². The standard InChI is InChI=1S/C18H19N3O2/c1-18(6-8-23-9-7-18)16-11-12-10-14(20-21-17(12)19-16)13-4-2-3-5-15(13)22/h2-5,10-11,22H,6-9H2,1H3,(H,19,21). The third kappa shape index (κ3) is 2.47. The maximum absolute atomic E-state index is 10.00. The third-order valence-electron chi connectivity index (χ3n) is 4.80. The lowest BCUT2D eigenvalue weighted by Crippen LogP contribution is -2.30. The molecule has 4 rings (SSSR count). The van der Waals surface area contributed by atoms with Gasteiger partial charge >= 0.3 is 0 Å². The number of fused-ring (bicyclic) bond motifs is 1. The van der Waals surface area contributed by atoms with Crippen LogP contribution in [-0.4, -0.2) is 33.5 Å². The average molecular weight is 309 g/mol. The van der Waals surface area contributed by atoms with Crippen LogP contribution in [-0.2, 0) is 10.2 Å². The quantitative estimate of drug-likeness (QED) is 0.761. The van der Waals surface area contributed by atoms with Crippen molar-refractivity contribution in [3.8, 4) is 17.0 Å². The van der Waals surface area contributed by atoms with Crippen LogP contribution in [0.4, 0.5) is 0 Å². The zero-order valence-corrected chi connectivity index (χ0v) is 13.0. The summed E-state index contributed by atoms with van der Waals surface area (Å²) in [6.45, 7) is 3.85. The molecule has 118 valence electrons. The van der Waals surface area contributed by atoms with Crippen molar-refractivity contribution in [2.24, 2.45) is 0 Å². The maximum atomic E-state index is 10.00. The van der Waals surface area contributed by atoms with Crippen molar-refractivity contribution in [3.05, 3.63) is 42.1 Å². The summed E-state index contributed by atoms with van der Waals surface area (Å²) < 4.78 is 5.48. The molecule has 5 nitrogen and oxygen atoms in total. The molecule has 3 heterocycles. The highest BCUT2D eigenvalue weighted by Gasteiger charge is 2.31. The topological polar surface area (TPSA) is 71.0 Å². The highest BCUT2D eigenvalue weighted by atomic mass is 16.5. The SMILES string of the molecule is CC1(c2cc3cc(-c4ccccc4O)nnc3[nH]2)CCOCC1. The summed E-state index contributed by atoms with van der Waals surface area (Å²) in [5, 5.41) is 19.6. The van der Waals surface area contributed by atoms with Gasteiger partial charge in [0.1, 0.15) is 5.75 Å². The highest BCUT2D eigenvalue weighted by molar-refractivity contribution is 5.81. The fourth-order valence-electron chi connectivity index (χ4n) is 3.17. The summed E-state index contributed by atoms with van der Waals surface area (Å²) >= 11 is 0. The van der Waals surface area contributed by atoms with Gasteiger partial charge < -0.3 is 14.8 Å². The Morgan fingerprint density at radius 2 is 1.91 bits per heavy atom. The number of ether oxygens (including phenoxy) is 1. The van der Waals surface area contributed by atoms with Crippen LogP contribution in [0.3, 0.4) is 0 Å². The zero-order chi connectivity index (χ0) is 15.9. The van der Waals surface area contributed by atoms with Gasteiger partial charge in [0.05, 0.1) is 5.69 Å². The molecule has 1 fully saturated rings. The van der Waals surface area contributed by atoms with Crippen molar-refractivity contribution in [3.63, 3.8) is 0 Å². The molecule has 1 saturated heterocycles. The summed E-state index contributed by atoms with van der Waals surface area (Å²) in [5.41, 5.74) is 3.43. The van der Waals surface area contributed by atoms with E-state index in [9.17, 15) is 5.11 Å². The zero-order valence-electron chi connectivity index (χ0n) is 13.0. The second kappa shape index (κ2) is 5.35. The van der Waals surface area contributed by atoms with Crippen LogP contribution < -0.4 is 0 Å². The van der Waals surface area contributed by atoms with Crippen molar-refractivity contribution in [1.29, 1.82) is 0 Å². The summed E-state index contributed by atoms with van der Waals surface area (Å²) in [6.07, 6.45) is 2.00. The molecule has 1 aliphatic rings. The molecular weight excluding hydrogens is 290 g/mol. The van der Waals surface area contributed by atoms with Gasteiger partial charge in [-0.05, 0) is 37.1 Å². The predicted octanol–water partition coefficient (Wildman–Crippen LogP) is 3.40. The molecule has 2 N–H and O–H groups in total. The Hall–Kier alpha value is -2.40. The van der Waals surface area contributed by atoms with Crippen LogP contribution in [0.5, 0.6) is 5.75 Å². The first kappa shape index (κ1) is 14.2. The van der Waals surface area contributed by atoms with Crippen molar-refractivity contribution in [2.45, 2.75) is 25.2 Å². The van der Waals surface area contributed by atoms with E-state index in [4.69, 9.17) is 4.74 Å². The number of nitrogens with one attached hydrogen (secondary N) is 1. The van der Waals surface area contributed by atoms with Gasteiger partial charge in [-0.3, -0.25) is 0 Å². The minimum Gasteiger partial charge on any atom is -0.507 e. The van der Waals surface area contributed by atoms with Crippen molar-refractivity contribution in [1.82, 2.24) is 15.2 Å². The molecule has 0 spiro atoms. The van der Waals surface area contributed by atoms with Crippen molar-refractivity contribution < 1.29 is 9.84 Å². The van der Waals surface area contributed by atoms with Crippen LogP contribution >= 0.6 is 0 Å². The lowest BCUT2D eigenvalue weighted by atomic mass is 9.79. The van der Waals surface area contributed by atoms with E-state index in [-0.39, 0.29) is 11.2 Å². The first-order chi connectivity index (χ1) is 11.2. The number of phenols is 1. The number of nitrogens with zero attached hydrogens (tertiary/aromatic N) is 2. The molecule has 0 bridgehead atoms. The number of H-pyrrole nitrogens is 1. The number of aromatic amines is 1.